The van der Waals surface area contributed by atoms with Crippen LogP contribution < -0.4 is 0 Å². The highest BCUT2D eigenvalue weighted by Gasteiger charge is 2.29. The van der Waals surface area contributed by atoms with Gasteiger partial charge in [-0.15, -0.1) is 0 Å². The summed E-state index contributed by atoms with van der Waals surface area (Å²) in [5, 5.41) is 9.26. The van der Waals surface area contributed by atoms with E-state index in [1.165, 1.54) is 64.7 Å². The van der Waals surface area contributed by atoms with Gasteiger partial charge < -0.3 is 14.6 Å². The molecule has 0 aliphatic rings. The van der Waals surface area contributed by atoms with Crippen LogP contribution in [0.5, 0.6) is 0 Å². The summed E-state index contributed by atoms with van der Waals surface area (Å²) in [5.74, 6) is -0.605. The van der Waals surface area contributed by atoms with E-state index < -0.39 is 17.7 Å². The molecular formula is C22H44O4. The summed E-state index contributed by atoms with van der Waals surface area (Å²) < 4.78 is 11.3. The predicted octanol–water partition coefficient (Wildman–Crippen LogP) is 5.80. The predicted molar refractivity (Wildman–Crippen MR) is 108 cm³/mol. The van der Waals surface area contributed by atoms with Gasteiger partial charge in [-0.05, 0) is 41.0 Å². The van der Waals surface area contributed by atoms with E-state index in [0.29, 0.717) is 6.61 Å². The molecule has 0 amide bonds. The summed E-state index contributed by atoms with van der Waals surface area (Å²) >= 11 is 0. The Morgan fingerprint density at radius 1 is 0.846 bits per heavy atom. The van der Waals surface area contributed by atoms with Crippen molar-refractivity contribution in [2.45, 2.75) is 129 Å². The van der Waals surface area contributed by atoms with E-state index in [0.717, 1.165) is 12.8 Å². The molecule has 0 spiro atoms. The van der Waals surface area contributed by atoms with Crippen LogP contribution in [-0.4, -0.2) is 35.0 Å². The minimum absolute atomic E-state index is 0.228. The monoisotopic (exact) mass is 372 g/mol. The Bertz CT molecular complexity index is 361. The highest BCUT2D eigenvalue weighted by atomic mass is 16.6. The Morgan fingerprint density at radius 2 is 1.31 bits per heavy atom. The van der Waals surface area contributed by atoms with Crippen molar-refractivity contribution in [3.05, 3.63) is 0 Å². The van der Waals surface area contributed by atoms with Gasteiger partial charge in [-0.25, -0.2) is 4.79 Å². The number of carbonyl (C=O) groups excluding carboxylic acids is 1. The second-order valence-electron chi connectivity index (χ2n) is 8.84. The van der Waals surface area contributed by atoms with E-state index >= 15 is 0 Å². The van der Waals surface area contributed by atoms with Crippen LogP contribution in [0.1, 0.15) is 112 Å². The van der Waals surface area contributed by atoms with Gasteiger partial charge >= 0.3 is 5.97 Å². The minimum Gasteiger partial charge on any atom is -0.455 e. The van der Waals surface area contributed by atoms with Crippen LogP contribution in [0.4, 0.5) is 0 Å². The number of hydrogen-bond donors (Lipinski definition) is 1. The van der Waals surface area contributed by atoms with Crippen molar-refractivity contribution in [3.63, 3.8) is 0 Å². The zero-order valence-corrected chi connectivity index (χ0v) is 18.2. The molecule has 0 aliphatic heterocycles. The van der Waals surface area contributed by atoms with Crippen LogP contribution >= 0.6 is 0 Å². The molecule has 0 aromatic heterocycles. The number of ether oxygens (including phenoxy) is 2. The summed E-state index contributed by atoms with van der Waals surface area (Å²) in [6.45, 7) is 11.8. The summed E-state index contributed by atoms with van der Waals surface area (Å²) in [4.78, 5) is 11.5. The molecule has 0 aromatic carbocycles. The molecule has 4 heteroatoms. The van der Waals surface area contributed by atoms with Crippen LogP contribution in [0.2, 0.25) is 0 Å². The Balaban J connectivity index is 3.79. The van der Waals surface area contributed by atoms with Crippen molar-refractivity contribution in [2.75, 3.05) is 6.61 Å². The van der Waals surface area contributed by atoms with Crippen LogP contribution in [0.3, 0.4) is 0 Å². The second kappa shape index (κ2) is 13.5. The second-order valence-corrected chi connectivity index (χ2v) is 8.84. The largest absolute Gasteiger partial charge is 0.455 e. The van der Waals surface area contributed by atoms with Crippen molar-refractivity contribution in [1.29, 1.82) is 0 Å². The Labute approximate surface area is 162 Å². The summed E-state index contributed by atoms with van der Waals surface area (Å²) in [6, 6.07) is 0. The first-order valence-electron chi connectivity index (χ1n) is 10.6. The van der Waals surface area contributed by atoms with Gasteiger partial charge in [0.25, 0.3) is 0 Å². The van der Waals surface area contributed by atoms with Crippen molar-refractivity contribution < 1.29 is 19.4 Å². The molecular weight excluding hydrogens is 328 g/mol. The van der Waals surface area contributed by atoms with Crippen LogP contribution in [0, 0.1) is 0 Å². The first-order chi connectivity index (χ1) is 12.1. The molecule has 1 unspecified atom stereocenters. The number of unbranched alkanes of at least 4 members (excludes halogenated alkanes) is 9. The first kappa shape index (κ1) is 25.4. The Hall–Kier alpha value is -0.610. The third-order valence-corrected chi connectivity index (χ3v) is 4.66. The van der Waals surface area contributed by atoms with E-state index in [4.69, 9.17) is 9.47 Å². The summed E-state index contributed by atoms with van der Waals surface area (Å²) in [5.41, 5.74) is -0.961. The topological polar surface area (TPSA) is 55.8 Å². The van der Waals surface area contributed by atoms with E-state index in [1.54, 1.807) is 0 Å². The summed E-state index contributed by atoms with van der Waals surface area (Å²) in [7, 11) is 0. The molecule has 4 nitrogen and oxygen atoms in total. The van der Waals surface area contributed by atoms with Crippen molar-refractivity contribution >= 4 is 5.97 Å². The standard InChI is InChI=1S/C22H44O4/c1-7-8-9-10-11-12-13-14-15-16-17-21(3,4)25-18-22(5,6)26-20(24)19(2)23/h19,23H,7-18H2,1-6H3. The van der Waals surface area contributed by atoms with Gasteiger partial charge in [-0.1, -0.05) is 71.1 Å². The zero-order valence-electron chi connectivity index (χ0n) is 18.2. The highest BCUT2D eigenvalue weighted by Crippen LogP contribution is 2.23. The lowest BCUT2D eigenvalue weighted by Crippen LogP contribution is -2.40. The molecule has 0 aliphatic carbocycles. The lowest BCUT2D eigenvalue weighted by Gasteiger charge is -2.32. The molecule has 0 radical (unpaired) electrons. The minimum atomic E-state index is -1.10. The highest BCUT2D eigenvalue weighted by molar-refractivity contribution is 5.74. The number of aliphatic hydroxyl groups is 1. The maximum absolute atomic E-state index is 11.5. The van der Waals surface area contributed by atoms with Gasteiger partial charge in [0.1, 0.15) is 11.7 Å². The fourth-order valence-corrected chi connectivity index (χ4v) is 2.87. The van der Waals surface area contributed by atoms with Crippen molar-refractivity contribution in [3.8, 4) is 0 Å². The van der Waals surface area contributed by atoms with Gasteiger partial charge in [0.15, 0.2) is 0 Å². The van der Waals surface area contributed by atoms with Gasteiger partial charge in [-0.2, -0.15) is 0 Å². The third-order valence-electron chi connectivity index (χ3n) is 4.66. The fraction of sp³-hybridized carbons (Fsp3) is 0.955. The average molecular weight is 373 g/mol. The number of esters is 1. The Morgan fingerprint density at radius 3 is 1.77 bits per heavy atom. The quantitative estimate of drug-likeness (QED) is 0.275. The maximum Gasteiger partial charge on any atom is 0.335 e. The van der Waals surface area contributed by atoms with Crippen LogP contribution in [0.15, 0.2) is 0 Å². The van der Waals surface area contributed by atoms with E-state index in [1.807, 2.05) is 13.8 Å². The van der Waals surface area contributed by atoms with Crippen molar-refractivity contribution in [1.82, 2.24) is 0 Å². The lowest BCUT2D eigenvalue weighted by atomic mass is 9.98. The molecule has 1 atom stereocenters. The molecule has 0 fully saturated rings. The molecule has 0 heterocycles. The van der Waals surface area contributed by atoms with Gasteiger partial charge in [0.05, 0.1) is 12.2 Å². The Kier molecular flexibility index (Phi) is 13.2. The smallest absolute Gasteiger partial charge is 0.335 e. The maximum atomic E-state index is 11.5. The zero-order chi connectivity index (χ0) is 20.1. The van der Waals surface area contributed by atoms with Crippen LogP contribution in [-0.2, 0) is 14.3 Å². The lowest BCUT2D eigenvalue weighted by molar-refractivity contribution is -0.177. The van der Waals surface area contributed by atoms with Gasteiger partial charge in [0.2, 0.25) is 0 Å². The molecule has 0 bridgehead atoms. The summed E-state index contributed by atoms with van der Waals surface area (Å²) in [6.07, 6.45) is 13.2. The van der Waals surface area contributed by atoms with E-state index in [-0.39, 0.29) is 5.60 Å². The fourth-order valence-electron chi connectivity index (χ4n) is 2.87. The van der Waals surface area contributed by atoms with E-state index in [9.17, 15) is 9.90 Å². The third kappa shape index (κ3) is 14.5. The number of carbonyl (C=O) groups is 1. The van der Waals surface area contributed by atoms with Crippen molar-refractivity contribution in [2.24, 2.45) is 0 Å². The number of rotatable bonds is 16. The molecule has 1 N–H and O–H groups in total. The average Bonchev–Trinajstić information content (AvgIpc) is 2.54. The molecule has 0 rings (SSSR count). The van der Waals surface area contributed by atoms with Gasteiger partial charge in [0, 0.05) is 0 Å². The molecule has 26 heavy (non-hydrogen) atoms. The molecule has 0 aromatic rings. The van der Waals surface area contributed by atoms with Crippen LogP contribution in [0.25, 0.3) is 0 Å². The normalized spacial score (nSPS) is 13.7. The van der Waals surface area contributed by atoms with Gasteiger partial charge in [-0.3, -0.25) is 0 Å². The molecule has 0 saturated heterocycles. The SMILES string of the molecule is CCCCCCCCCCCCC(C)(C)OCC(C)(C)OC(=O)C(C)O. The first-order valence-corrected chi connectivity index (χ1v) is 10.6. The molecule has 156 valence electrons. The van der Waals surface area contributed by atoms with E-state index in [2.05, 4.69) is 20.8 Å². The number of hydrogen-bond acceptors (Lipinski definition) is 4. The molecule has 0 saturated carbocycles. The number of aliphatic hydroxyl groups excluding tert-OH is 1.